The summed E-state index contributed by atoms with van der Waals surface area (Å²) < 4.78 is 4.68. The molecule has 2 aromatic rings. The number of ether oxygens (including phenoxy) is 1. The fourth-order valence-electron chi connectivity index (χ4n) is 6.01. The Kier molecular flexibility index (Phi) is 4.30. The van der Waals surface area contributed by atoms with E-state index in [4.69, 9.17) is 0 Å². The van der Waals surface area contributed by atoms with Crippen LogP contribution in [0.1, 0.15) is 27.1 Å². The summed E-state index contributed by atoms with van der Waals surface area (Å²) in [6, 6.07) is 13.0. The van der Waals surface area contributed by atoms with Crippen molar-refractivity contribution in [3.8, 4) is 0 Å². The van der Waals surface area contributed by atoms with Crippen LogP contribution in [0, 0.1) is 35.5 Å². The number of hydrogen-bond acceptors (Lipinski definition) is 5. The van der Waals surface area contributed by atoms with Crippen molar-refractivity contribution in [2.45, 2.75) is 6.42 Å². The van der Waals surface area contributed by atoms with Crippen molar-refractivity contribution in [3.63, 3.8) is 0 Å². The first-order valence-corrected chi connectivity index (χ1v) is 11.1. The van der Waals surface area contributed by atoms with E-state index >= 15 is 0 Å². The van der Waals surface area contributed by atoms with E-state index in [1.54, 1.807) is 48.5 Å². The molecular weight excluding hydrogens is 420 g/mol. The van der Waals surface area contributed by atoms with Crippen LogP contribution in [0.15, 0.2) is 60.7 Å². The molecule has 7 nitrogen and oxygen atoms in total. The first kappa shape index (κ1) is 19.9. The summed E-state index contributed by atoms with van der Waals surface area (Å²) in [5.41, 5.74) is 1.66. The van der Waals surface area contributed by atoms with E-state index in [1.807, 2.05) is 0 Å². The van der Waals surface area contributed by atoms with E-state index in [9.17, 15) is 19.2 Å². The van der Waals surface area contributed by atoms with Crippen molar-refractivity contribution in [2.75, 3.05) is 17.3 Å². The first-order valence-electron chi connectivity index (χ1n) is 11.1. The van der Waals surface area contributed by atoms with Crippen LogP contribution in [0.25, 0.3) is 0 Å². The molecule has 2 bridgehead atoms. The van der Waals surface area contributed by atoms with Gasteiger partial charge in [-0.2, -0.15) is 0 Å². The van der Waals surface area contributed by atoms with E-state index in [0.29, 0.717) is 34.3 Å². The Balaban J connectivity index is 1.23. The molecule has 4 aliphatic carbocycles. The largest absolute Gasteiger partial charge is 0.465 e. The maximum atomic E-state index is 13.3. The average molecular weight is 442 g/mol. The number of rotatable bonds is 4. The van der Waals surface area contributed by atoms with Gasteiger partial charge in [0, 0.05) is 11.3 Å². The predicted molar refractivity (Wildman–Crippen MR) is 119 cm³/mol. The topological polar surface area (TPSA) is 92.8 Å². The molecule has 0 unspecified atom stereocenters. The molecule has 0 radical (unpaired) electrons. The highest BCUT2D eigenvalue weighted by molar-refractivity contribution is 6.23. The zero-order valence-corrected chi connectivity index (χ0v) is 17.9. The minimum absolute atomic E-state index is 0.148. The first-order chi connectivity index (χ1) is 16.0. The van der Waals surface area contributed by atoms with Gasteiger partial charge in [0.15, 0.2) is 0 Å². The fraction of sp³-hybridized carbons (Fsp3) is 0.308. The molecule has 2 saturated carbocycles. The zero-order chi connectivity index (χ0) is 22.9. The van der Waals surface area contributed by atoms with Gasteiger partial charge in [0.05, 0.1) is 30.2 Å². The van der Waals surface area contributed by atoms with Gasteiger partial charge in [-0.05, 0) is 72.6 Å². The third kappa shape index (κ3) is 2.95. The number of nitrogens with one attached hydrogen (secondary N) is 1. The number of allylic oxidation sites excluding steroid dienone is 2. The maximum absolute atomic E-state index is 13.3. The average Bonchev–Trinajstić information content (AvgIpc) is 3.62. The van der Waals surface area contributed by atoms with Crippen LogP contribution < -0.4 is 10.2 Å². The van der Waals surface area contributed by atoms with Crippen LogP contribution in [-0.4, -0.2) is 30.8 Å². The standard InChI is InChI=1S/C26H22N2O5/c1-33-26(32)13-5-7-15(8-6-13)27-23(29)14-3-2-4-16(11-14)28-24(30)21-17-9-10-18(20-12-19(17)20)22(21)25(28)31/h2-11,17-22H,12H2,1H3,(H,27,29)/t17-,18-,19-,20-,21-,22+/m1/s1. The van der Waals surface area contributed by atoms with Gasteiger partial charge in [-0.1, -0.05) is 18.2 Å². The number of imide groups is 1. The molecular formula is C26H22N2O5. The van der Waals surface area contributed by atoms with Crippen molar-refractivity contribution in [1.82, 2.24) is 0 Å². The lowest BCUT2D eigenvalue weighted by molar-refractivity contribution is -0.124. The highest BCUT2D eigenvalue weighted by Crippen LogP contribution is 2.65. The molecule has 166 valence electrons. The van der Waals surface area contributed by atoms with Gasteiger partial charge in [0.1, 0.15) is 0 Å². The van der Waals surface area contributed by atoms with Crippen LogP contribution in [0.5, 0.6) is 0 Å². The molecule has 1 aliphatic heterocycles. The number of hydrogen-bond donors (Lipinski definition) is 1. The Morgan fingerprint density at radius 1 is 0.909 bits per heavy atom. The molecule has 3 amide bonds. The molecule has 7 rings (SSSR count). The third-order valence-corrected chi connectivity index (χ3v) is 7.59. The number of carbonyl (C=O) groups excluding carboxylic acids is 4. The molecule has 5 aliphatic rings. The van der Waals surface area contributed by atoms with Gasteiger partial charge in [-0.15, -0.1) is 0 Å². The highest BCUT2D eigenvalue weighted by atomic mass is 16.5. The van der Waals surface area contributed by atoms with E-state index < -0.39 is 5.97 Å². The summed E-state index contributed by atoms with van der Waals surface area (Å²) in [6.45, 7) is 0. The lowest BCUT2D eigenvalue weighted by Crippen LogP contribution is -2.40. The minimum atomic E-state index is -0.456. The Labute approximate surface area is 190 Å². The van der Waals surface area contributed by atoms with Crippen LogP contribution in [0.3, 0.4) is 0 Å². The normalized spacial score (nSPS) is 30.6. The Hall–Kier alpha value is -3.74. The molecule has 0 spiro atoms. The molecule has 3 fully saturated rings. The van der Waals surface area contributed by atoms with Gasteiger partial charge >= 0.3 is 5.97 Å². The molecule has 1 heterocycles. The molecule has 6 atom stereocenters. The lowest BCUT2D eigenvalue weighted by Gasteiger charge is -2.37. The molecule has 1 saturated heterocycles. The van der Waals surface area contributed by atoms with E-state index in [-0.39, 0.29) is 41.4 Å². The smallest absolute Gasteiger partial charge is 0.337 e. The Morgan fingerprint density at radius 2 is 1.55 bits per heavy atom. The summed E-state index contributed by atoms with van der Waals surface area (Å²) in [7, 11) is 1.31. The van der Waals surface area contributed by atoms with Crippen molar-refractivity contribution in [1.29, 1.82) is 0 Å². The zero-order valence-electron chi connectivity index (χ0n) is 17.9. The Bertz CT molecular complexity index is 1200. The number of nitrogens with zero attached hydrogens (tertiary/aromatic N) is 1. The van der Waals surface area contributed by atoms with Crippen LogP contribution >= 0.6 is 0 Å². The summed E-state index contributed by atoms with van der Waals surface area (Å²) in [5.74, 6) is -0.275. The van der Waals surface area contributed by atoms with Gasteiger partial charge in [-0.3, -0.25) is 14.4 Å². The number of amides is 3. The molecule has 1 N–H and O–H groups in total. The van der Waals surface area contributed by atoms with Gasteiger partial charge < -0.3 is 10.1 Å². The second kappa shape index (κ2) is 7.13. The maximum Gasteiger partial charge on any atom is 0.337 e. The van der Waals surface area contributed by atoms with Crippen LogP contribution in [0.4, 0.5) is 11.4 Å². The van der Waals surface area contributed by atoms with Crippen LogP contribution in [-0.2, 0) is 14.3 Å². The number of esters is 1. The summed E-state index contributed by atoms with van der Waals surface area (Å²) in [6.07, 6.45) is 5.40. The lowest BCUT2D eigenvalue weighted by atomic mass is 9.63. The third-order valence-electron chi connectivity index (χ3n) is 7.59. The molecule has 2 aromatic carbocycles. The highest BCUT2D eigenvalue weighted by Gasteiger charge is 2.67. The fourth-order valence-corrected chi connectivity index (χ4v) is 6.01. The Morgan fingerprint density at radius 3 is 2.15 bits per heavy atom. The SMILES string of the molecule is COC(=O)c1ccc(NC(=O)c2cccc(N3C(=O)[C@@H]4[C@@H]5C=C[C@H]([C@H]6C[C@H]56)[C@@H]4C3=O)c2)cc1. The predicted octanol–water partition coefficient (Wildman–Crippen LogP) is 3.28. The van der Waals surface area contributed by atoms with Crippen LogP contribution in [0.2, 0.25) is 0 Å². The number of benzene rings is 2. The molecule has 33 heavy (non-hydrogen) atoms. The monoisotopic (exact) mass is 442 g/mol. The van der Waals surface area contributed by atoms with Gasteiger partial charge in [-0.25, -0.2) is 9.69 Å². The quantitative estimate of drug-likeness (QED) is 0.446. The second-order valence-corrected chi connectivity index (χ2v) is 9.24. The van der Waals surface area contributed by atoms with Crippen molar-refractivity contribution >= 4 is 35.1 Å². The van der Waals surface area contributed by atoms with E-state index in [1.165, 1.54) is 12.0 Å². The van der Waals surface area contributed by atoms with Gasteiger partial charge in [0.25, 0.3) is 5.91 Å². The molecule has 0 aromatic heterocycles. The summed E-state index contributed by atoms with van der Waals surface area (Å²) in [5, 5.41) is 2.78. The van der Waals surface area contributed by atoms with E-state index in [2.05, 4.69) is 22.2 Å². The number of carbonyl (C=O) groups is 4. The van der Waals surface area contributed by atoms with Crippen molar-refractivity contribution in [2.24, 2.45) is 35.5 Å². The van der Waals surface area contributed by atoms with Crippen molar-refractivity contribution < 1.29 is 23.9 Å². The number of anilines is 2. The van der Waals surface area contributed by atoms with Gasteiger partial charge in [0.2, 0.25) is 11.8 Å². The second-order valence-electron chi connectivity index (χ2n) is 9.24. The van der Waals surface area contributed by atoms with Crippen molar-refractivity contribution in [3.05, 3.63) is 71.8 Å². The minimum Gasteiger partial charge on any atom is -0.465 e. The summed E-state index contributed by atoms with van der Waals surface area (Å²) in [4.78, 5) is 52.3. The molecule has 7 heteroatoms. The summed E-state index contributed by atoms with van der Waals surface area (Å²) >= 11 is 0. The number of methoxy groups -OCH3 is 1. The van der Waals surface area contributed by atoms with E-state index in [0.717, 1.165) is 6.42 Å².